The van der Waals surface area contributed by atoms with E-state index in [4.69, 9.17) is 9.52 Å². The normalized spacial score (nSPS) is 14.4. The number of hydrogen-bond donors (Lipinski definition) is 1. The van der Waals surface area contributed by atoms with Crippen molar-refractivity contribution in [3.05, 3.63) is 77.5 Å². The van der Waals surface area contributed by atoms with Gasteiger partial charge in [-0.05, 0) is 19.1 Å². The van der Waals surface area contributed by atoms with Gasteiger partial charge in [0.2, 0.25) is 0 Å². The SMILES string of the molecule is Cc1nn(Cc2ccco2)c2ncc(C(=O)c3ccccc3)c(N3CCNCC3)c12. The summed E-state index contributed by atoms with van der Waals surface area (Å²) in [4.78, 5) is 20.4. The first kappa shape index (κ1) is 18.6. The molecule has 0 spiro atoms. The summed E-state index contributed by atoms with van der Waals surface area (Å²) >= 11 is 0. The molecule has 0 aliphatic carbocycles. The van der Waals surface area contributed by atoms with Gasteiger partial charge in [-0.1, -0.05) is 30.3 Å². The standard InChI is InChI=1S/C23H23N5O2/c1-16-20-21(27-11-9-24-10-12-27)19(22(29)17-6-3-2-4-7-17)14-25-23(20)28(26-16)15-18-8-5-13-30-18/h2-8,13-14,24H,9-12,15H2,1H3. The van der Waals surface area contributed by atoms with Gasteiger partial charge in [-0.3, -0.25) is 4.79 Å². The molecule has 1 aromatic carbocycles. The number of carbonyl (C=O) groups excluding carboxylic acids is 1. The Morgan fingerprint density at radius 2 is 1.93 bits per heavy atom. The third kappa shape index (κ3) is 3.27. The van der Waals surface area contributed by atoms with E-state index in [0.29, 0.717) is 17.7 Å². The summed E-state index contributed by atoms with van der Waals surface area (Å²) in [6.45, 7) is 5.89. The largest absolute Gasteiger partial charge is 0.467 e. The Morgan fingerprint density at radius 3 is 2.67 bits per heavy atom. The van der Waals surface area contributed by atoms with Crippen LogP contribution in [0.2, 0.25) is 0 Å². The van der Waals surface area contributed by atoms with Gasteiger partial charge in [0, 0.05) is 37.9 Å². The monoisotopic (exact) mass is 401 g/mol. The highest BCUT2D eigenvalue weighted by atomic mass is 16.3. The number of ketones is 1. The van der Waals surface area contributed by atoms with Crippen molar-refractivity contribution in [3.8, 4) is 0 Å². The molecule has 4 aromatic rings. The molecule has 3 aromatic heterocycles. The van der Waals surface area contributed by atoms with Crippen LogP contribution in [0.1, 0.15) is 27.4 Å². The first-order valence-electron chi connectivity index (χ1n) is 10.2. The maximum Gasteiger partial charge on any atom is 0.196 e. The highest BCUT2D eigenvalue weighted by Crippen LogP contribution is 2.34. The Morgan fingerprint density at radius 1 is 1.13 bits per heavy atom. The number of anilines is 1. The molecule has 1 aliphatic rings. The number of rotatable bonds is 5. The van der Waals surface area contributed by atoms with Gasteiger partial charge in [-0.15, -0.1) is 0 Å². The first-order chi connectivity index (χ1) is 14.7. The van der Waals surface area contributed by atoms with Gasteiger partial charge in [0.1, 0.15) is 12.3 Å². The fourth-order valence-corrected chi connectivity index (χ4v) is 4.09. The van der Waals surface area contributed by atoms with Crippen LogP contribution in [0, 0.1) is 6.92 Å². The molecule has 152 valence electrons. The van der Waals surface area contributed by atoms with Gasteiger partial charge in [0.15, 0.2) is 11.4 Å². The molecular formula is C23H23N5O2. The summed E-state index contributed by atoms with van der Waals surface area (Å²) < 4.78 is 7.35. The van der Waals surface area contributed by atoms with Gasteiger partial charge in [0.05, 0.1) is 28.6 Å². The van der Waals surface area contributed by atoms with Crippen molar-refractivity contribution in [2.45, 2.75) is 13.5 Å². The lowest BCUT2D eigenvalue weighted by Crippen LogP contribution is -2.44. The number of nitrogens with one attached hydrogen (secondary N) is 1. The average Bonchev–Trinajstić information content (AvgIpc) is 3.42. The molecule has 0 radical (unpaired) electrons. The number of pyridine rings is 1. The van der Waals surface area contributed by atoms with Crippen LogP contribution in [-0.4, -0.2) is 46.7 Å². The first-order valence-corrected chi connectivity index (χ1v) is 10.2. The Balaban J connectivity index is 1.68. The molecule has 4 heterocycles. The quantitative estimate of drug-likeness (QED) is 0.518. The number of fused-ring (bicyclic) bond motifs is 1. The van der Waals surface area contributed by atoms with Crippen molar-refractivity contribution in [1.29, 1.82) is 0 Å². The number of benzene rings is 1. The smallest absolute Gasteiger partial charge is 0.196 e. The predicted molar refractivity (Wildman–Crippen MR) is 115 cm³/mol. The molecule has 0 saturated carbocycles. The minimum absolute atomic E-state index is 0.0169. The highest BCUT2D eigenvalue weighted by molar-refractivity contribution is 6.16. The summed E-state index contributed by atoms with van der Waals surface area (Å²) in [5.74, 6) is 0.797. The zero-order chi connectivity index (χ0) is 20.5. The lowest BCUT2D eigenvalue weighted by Gasteiger charge is -2.31. The second kappa shape index (κ2) is 7.76. The minimum atomic E-state index is -0.0169. The molecule has 5 rings (SSSR count). The van der Waals surface area contributed by atoms with E-state index < -0.39 is 0 Å². The molecule has 30 heavy (non-hydrogen) atoms. The highest BCUT2D eigenvalue weighted by Gasteiger charge is 2.26. The minimum Gasteiger partial charge on any atom is -0.467 e. The van der Waals surface area contributed by atoms with Crippen molar-refractivity contribution in [3.63, 3.8) is 0 Å². The topological polar surface area (TPSA) is 76.2 Å². The third-order valence-electron chi connectivity index (χ3n) is 5.51. The molecule has 0 unspecified atom stereocenters. The molecule has 0 atom stereocenters. The van der Waals surface area contributed by atoms with Gasteiger partial charge in [0.25, 0.3) is 0 Å². The molecule has 1 N–H and O–H groups in total. The number of piperazine rings is 1. The third-order valence-corrected chi connectivity index (χ3v) is 5.51. The summed E-state index contributed by atoms with van der Waals surface area (Å²) in [5, 5.41) is 9.06. The van der Waals surface area contributed by atoms with Gasteiger partial charge in [-0.2, -0.15) is 5.10 Å². The zero-order valence-electron chi connectivity index (χ0n) is 16.8. The van der Waals surface area contributed by atoms with Crippen molar-refractivity contribution in [2.75, 3.05) is 31.1 Å². The van der Waals surface area contributed by atoms with Crippen molar-refractivity contribution >= 4 is 22.5 Å². The van der Waals surface area contributed by atoms with Gasteiger partial charge >= 0.3 is 0 Å². The van der Waals surface area contributed by atoms with E-state index in [1.807, 2.05) is 54.1 Å². The number of hydrogen-bond acceptors (Lipinski definition) is 6. The summed E-state index contributed by atoms with van der Waals surface area (Å²) in [6, 6.07) is 13.2. The van der Waals surface area contributed by atoms with Crippen molar-refractivity contribution in [2.24, 2.45) is 0 Å². The molecule has 1 fully saturated rings. The van der Waals surface area contributed by atoms with Gasteiger partial charge < -0.3 is 14.6 Å². The lowest BCUT2D eigenvalue weighted by atomic mass is 10.0. The van der Waals surface area contributed by atoms with Crippen LogP contribution in [0.5, 0.6) is 0 Å². The summed E-state index contributed by atoms with van der Waals surface area (Å²) in [6.07, 6.45) is 3.36. The van der Waals surface area contributed by atoms with Gasteiger partial charge in [-0.25, -0.2) is 9.67 Å². The fourth-order valence-electron chi connectivity index (χ4n) is 4.09. The van der Waals surface area contributed by atoms with Crippen LogP contribution >= 0.6 is 0 Å². The molecule has 7 heteroatoms. The van der Waals surface area contributed by atoms with Crippen molar-refractivity contribution in [1.82, 2.24) is 20.1 Å². The van der Waals surface area contributed by atoms with E-state index >= 15 is 0 Å². The van der Waals surface area contributed by atoms with Crippen LogP contribution in [0.3, 0.4) is 0 Å². The van der Waals surface area contributed by atoms with Crippen LogP contribution in [0.4, 0.5) is 5.69 Å². The number of furan rings is 1. The van der Waals surface area contributed by atoms with E-state index in [0.717, 1.165) is 54.4 Å². The van der Waals surface area contributed by atoms with Crippen molar-refractivity contribution < 1.29 is 9.21 Å². The molecule has 0 bridgehead atoms. The van der Waals surface area contributed by atoms with Crippen LogP contribution in [-0.2, 0) is 6.54 Å². The molecular weight excluding hydrogens is 378 g/mol. The van der Waals surface area contributed by atoms with E-state index in [2.05, 4.69) is 15.2 Å². The Hall–Kier alpha value is -3.45. The number of carbonyl (C=O) groups is 1. The van der Waals surface area contributed by atoms with E-state index in [9.17, 15) is 4.79 Å². The second-order valence-corrected chi connectivity index (χ2v) is 7.47. The summed E-state index contributed by atoms with van der Waals surface area (Å²) in [7, 11) is 0. The van der Waals surface area contributed by atoms with E-state index in [-0.39, 0.29) is 5.78 Å². The Bertz CT molecular complexity index is 1180. The Kier molecular flexibility index (Phi) is 4.80. The van der Waals surface area contributed by atoms with Crippen LogP contribution < -0.4 is 10.2 Å². The maximum atomic E-state index is 13.4. The number of nitrogens with zero attached hydrogens (tertiary/aromatic N) is 4. The molecule has 1 aliphatic heterocycles. The number of aromatic nitrogens is 3. The van der Waals surface area contributed by atoms with E-state index in [1.54, 1.807) is 12.5 Å². The number of aryl methyl sites for hydroxylation is 1. The average molecular weight is 401 g/mol. The predicted octanol–water partition coefficient (Wildman–Crippen LogP) is 3.02. The van der Waals surface area contributed by atoms with E-state index in [1.165, 1.54) is 0 Å². The zero-order valence-corrected chi connectivity index (χ0v) is 16.8. The second-order valence-electron chi connectivity index (χ2n) is 7.47. The lowest BCUT2D eigenvalue weighted by molar-refractivity contribution is 0.103. The Labute approximate surface area is 174 Å². The molecule has 7 nitrogen and oxygen atoms in total. The molecule has 0 amide bonds. The fraction of sp³-hybridized carbons (Fsp3) is 0.261. The molecule has 1 saturated heterocycles. The summed E-state index contributed by atoms with van der Waals surface area (Å²) in [5.41, 5.74) is 3.84. The van der Waals surface area contributed by atoms with Crippen LogP contribution in [0.25, 0.3) is 11.0 Å². The maximum absolute atomic E-state index is 13.4. The van der Waals surface area contributed by atoms with Crippen LogP contribution in [0.15, 0.2) is 59.3 Å².